The summed E-state index contributed by atoms with van der Waals surface area (Å²) in [6.45, 7) is 4.05. The van der Waals surface area contributed by atoms with E-state index >= 15 is 0 Å². The lowest BCUT2D eigenvalue weighted by Crippen LogP contribution is -2.10. The molecule has 0 saturated carbocycles. The van der Waals surface area contributed by atoms with Crippen LogP contribution in [0.3, 0.4) is 0 Å². The Hall–Kier alpha value is -4.27. The highest BCUT2D eigenvalue weighted by Crippen LogP contribution is 2.29. The second-order valence-electron chi connectivity index (χ2n) is 9.33. The molecule has 0 unspecified atom stereocenters. The summed E-state index contributed by atoms with van der Waals surface area (Å²) in [6.07, 6.45) is 0. The number of thiophene rings is 1. The molecule has 0 spiro atoms. The summed E-state index contributed by atoms with van der Waals surface area (Å²) in [7, 11) is 0. The topological polar surface area (TPSA) is 86.5 Å². The smallest absolute Gasteiger partial charge is 0.256 e. The van der Waals surface area contributed by atoms with Crippen molar-refractivity contribution in [2.75, 3.05) is 5.32 Å². The predicted molar refractivity (Wildman–Crippen MR) is 165 cm³/mol. The van der Waals surface area contributed by atoms with Crippen molar-refractivity contribution in [3.05, 3.63) is 111 Å². The maximum Gasteiger partial charge on any atom is 0.256 e. The second kappa shape index (κ2) is 10.5. The van der Waals surface area contributed by atoms with E-state index in [9.17, 15) is 4.79 Å². The number of fused-ring (bicyclic) bond motifs is 3. The highest BCUT2D eigenvalue weighted by atomic mass is 79.9. The Labute approximate surface area is 237 Å². The lowest BCUT2D eigenvalue weighted by molar-refractivity contribution is 0.102. The van der Waals surface area contributed by atoms with Gasteiger partial charge in [0.15, 0.2) is 0 Å². The lowest BCUT2D eigenvalue weighted by Gasteiger charge is -2.08. The minimum Gasteiger partial charge on any atom is -0.322 e. The van der Waals surface area contributed by atoms with Crippen LogP contribution in [0, 0.1) is 13.8 Å². The molecule has 0 aliphatic carbocycles. The molecular formula is C31H24BrN5OS. The number of hydrogen-bond donors (Lipinski definition) is 3. The number of carbonyl (C=O) groups excluding carboxylic acids is 1. The molecule has 192 valence electrons. The number of amides is 1. The van der Waals surface area contributed by atoms with Gasteiger partial charge in [0.25, 0.3) is 5.91 Å². The third-order valence-corrected chi connectivity index (χ3v) is 7.84. The summed E-state index contributed by atoms with van der Waals surface area (Å²) in [6, 6.07) is 26.6. The molecule has 7 aromatic rings. The normalized spacial score (nSPS) is 11.1. The summed E-state index contributed by atoms with van der Waals surface area (Å²) in [5, 5.41) is 25.6. The Kier molecular flexibility index (Phi) is 6.72. The lowest BCUT2D eigenvalue weighted by atomic mass is 9.99. The Morgan fingerprint density at radius 1 is 0.769 bits per heavy atom. The average Bonchev–Trinajstić information content (AvgIpc) is 3.70. The summed E-state index contributed by atoms with van der Waals surface area (Å²) in [4.78, 5) is 12.3. The summed E-state index contributed by atoms with van der Waals surface area (Å²) >= 11 is 4.93. The fourth-order valence-electron chi connectivity index (χ4n) is 4.53. The van der Waals surface area contributed by atoms with E-state index in [-0.39, 0.29) is 5.91 Å². The number of nitrogens with one attached hydrogen (secondary N) is 3. The van der Waals surface area contributed by atoms with Gasteiger partial charge in [-0.2, -0.15) is 21.5 Å². The average molecular weight is 595 g/mol. The van der Waals surface area contributed by atoms with Gasteiger partial charge in [-0.05, 0) is 95.7 Å². The van der Waals surface area contributed by atoms with Gasteiger partial charge < -0.3 is 5.32 Å². The molecule has 0 radical (unpaired) electrons. The van der Waals surface area contributed by atoms with Crippen LogP contribution in [-0.2, 0) is 0 Å². The van der Waals surface area contributed by atoms with Crippen LogP contribution in [0.25, 0.3) is 43.7 Å². The van der Waals surface area contributed by atoms with Gasteiger partial charge in [0.1, 0.15) is 0 Å². The Balaban J connectivity index is 0.000000210. The van der Waals surface area contributed by atoms with E-state index in [1.54, 1.807) is 0 Å². The van der Waals surface area contributed by atoms with Gasteiger partial charge in [0.05, 0.1) is 16.6 Å². The molecule has 3 heterocycles. The number of aryl methyl sites for hydroxylation is 2. The molecule has 0 bridgehead atoms. The first-order valence-corrected chi connectivity index (χ1v) is 14.1. The number of halogens is 1. The van der Waals surface area contributed by atoms with Crippen LogP contribution >= 0.6 is 27.3 Å². The van der Waals surface area contributed by atoms with E-state index in [4.69, 9.17) is 0 Å². The zero-order chi connectivity index (χ0) is 26.9. The molecule has 39 heavy (non-hydrogen) atoms. The molecule has 0 fully saturated rings. The number of anilines is 1. The van der Waals surface area contributed by atoms with E-state index in [1.807, 2.05) is 67.1 Å². The fourth-order valence-corrected chi connectivity index (χ4v) is 5.53. The van der Waals surface area contributed by atoms with Crippen molar-refractivity contribution in [3.63, 3.8) is 0 Å². The van der Waals surface area contributed by atoms with Crippen molar-refractivity contribution >= 4 is 71.4 Å². The van der Waals surface area contributed by atoms with Gasteiger partial charge in [-0.25, -0.2) is 0 Å². The van der Waals surface area contributed by atoms with Crippen molar-refractivity contribution in [1.82, 2.24) is 20.4 Å². The highest BCUT2D eigenvalue weighted by Gasteiger charge is 2.08. The molecule has 3 N–H and O–H groups in total. The van der Waals surface area contributed by atoms with Gasteiger partial charge in [-0.1, -0.05) is 40.2 Å². The highest BCUT2D eigenvalue weighted by molar-refractivity contribution is 9.10. The Bertz CT molecular complexity index is 1960. The first-order chi connectivity index (χ1) is 18.9. The SMILES string of the molecule is Cc1[nH]nc2ccc(-c3ccc4cc(NC(=O)c5ccsc5)ccc4c3)cc12.Cc1[nH]nc2ccc(Br)cc12. The standard InChI is InChI=1S/C23H17N3OS.C8H7BrN2/c1-14-21-12-18(5-7-22(21)26-25-14)15-2-3-17-11-20(6-4-16(17)10-15)24-23(27)19-8-9-28-13-19;1-5-7-4-6(9)2-3-8(7)11-10-5/h2-13H,1H3,(H,24,27)(H,25,26);2-4H,1H3,(H,10,11). The maximum atomic E-state index is 12.3. The Morgan fingerprint density at radius 3 is 2.15 bits per heavy atom. The third kappa shape index (κ3) is 5.21. The summed E-state index contributed by atoms with van der Waals surface area (Å²) < 4.78 is 1.09. The Morgan fingerprint density at radius 2 is 1.41 bits per heavy atom. The molecule has 0 atom stereocenters. The van der Waals surface area contributed by atoms with E-state index in [0.717, 1.165) is 59.9 Å². The monoisotopic (exact) mass is 593 g/mol. The van der Waals surface area contributed by atoms with Gasteiger partial charge in [-0.3, -0.25) is 15.0 Å². The number of benzene rings is 4. The molecule has 3 aromatic heterocycles. The number of aromatic nitrogens is 4. The van der Waals surface area contributed by atoms with E-state index < -0.39 is 0 Å². The maximum absolute atomic E-state index is 12.3. The minimum atomic E-state index is -0.0824. The summed E-state index contributed by atoms with van der Waals surface area (Å²) in [5.74, 6) is -0.0824. The molecule has 8 heteroatoms. The van der Waals surface area contributed by atoms with Gasteiger partial charge >= 0.3 is 0 Å². The van der Waals surface area contributed by atoms with Gasteiger partial charge in [-0.15, -0.1) is 0 Å². The van der Waals surface area contributed by atoms with Crippen LogP contribution in [-0.4, -0.2) is 26.3 Å². The zero-order valence-electron chi connectivity index (χ0n) is 21.2. The van der Waals surface area contributed by atoms with Gasteiger partial charge in [0.2, 0.25) is 0 Å². The first-order valence-electron chi connectivity index (χ1n) is 12.4. The van der Waals surface area contributed by atoms with E-state index in [2.05, 4.69) is 78.0 Å². The van der Waals surface area contributed by atoms with E-state index in [1.165, 1.54) is 16.7 Å². The minimum absolute atomic E-state index is 0.0824. The van der Waals surface area contributed by atoms with Crippen molar-refractivity contribution in [1.29, 1.82) is 0 Å². The van der Waals surface area contributed by atoms with Crippen molar-refractivity contribution in [2.45, 2.75) is 13.8 Å². The molecule has 4 aromatic carbocycles. The van der Waals surface area contributed by atoms with Gasteiger partial charge in [0, 0.05) is 37.7 Å². The van der Waals surface area contributed by atoms with Crippen molar-refractivity contribution in [2.24, 2.45) is 0 Å². The number of carbonyl (C=O) groups is 1. The zero-order valence-corrected chi connectivity index (χ0v) is 23.7. The first kappa shape index (κ1) is 25.0. The molecule has 0 aliphatic heterocycles. The van der Waals surface area contributed by atoms with Crippen LogP contribution in [0.15, 0.2) is 94.1 Å². The molecule has 0 saturated heterocycles. The largest absolute Gasteiger partial charge is 0.322 e. The number of aromatic amines is 2. The quantitative estimate of drug-likeness (QED) is 0.191. The number of nitrogens with zero attached hydrogens (tertiary/aromatic N) is 2. The number of H-pyrrole nitrogens is 2. The molecule has 1 amide bonds. The predicted octanol–water partition coefficient (Wildman–Crippen LogP) is 8.64. The number of hydrogen-bond acceptors (Lipinski definition) is 4. The molecule has 0 aliphatic rings. The molecular weight excluding hydrogens is 570 g/mol. The van der Waals surface area contributed by atoms with Crippen LogP contribution < -0.4 is 5.32 Å². The van der Waals surface area contributed by atoms with Crippen LogP contribution in [0.2, 0.25) is 0 Å². The van der Waals surface area contributed by atoms with Crippen LogP contribution in [0.4, 0.5) is 5.69 Å². The second-order valence-corrected chi connectivity index (χ2v) is 11.0. The van der Waals surface area contributed by atoms with Crippen LogP contribution in [0.1, 0.15) is 21.7 Å². The van der Waals surface area contributed by atoms with Crippen molar-refractivity contribution in [3.8, 4) is 11.1 Å². The van der Waals surface area contributed by atoms with Crippen molar-refractivity contribution < 1.29 is 4.79 Å². The van der Waals surface area contributed by atoms with Crippen LogP contribution in [0.5, 0.6) is 0 Å². The fraction of sp³-hybridized carbons (Fsp3) is 0.0645. The molecule has 7 rings (SSSR count). The van der Waals surface area contributed by atoms with E-state index in [0.29, 0.717) is 5.56 Å². The number of rotatable bonds is 3. The summed E-state index contributed by atoms with van der Waals surface area (Å²) in [5.41, 5.74) is 7.99. The third-order valence-electron chi connectivity index (χ3n) is 6.67. The molecule has 6 nitrogen and oxygen atoms in total.